The Balaban J connectivity index is 1.43. The normalized spacial score (nSPS) is 20.4. The summed E-state index contributed by atoms with van der Waals surface area (Å²) in [4.78, 5) is 9.53. The van der Waals surface area contributed by atoms with Crippen LogP contribution in [0.4, 0.5) is 0 Å². The number of nitrogens with zero attached hydrogens (tertiary/aromatic N) is 4. The molecular formula is C20H22N4O2S. The first-order valence-corrected chi connectivity index (χ1v) is 10.9. The third kappa shape index (κ3) is 2.68. The predicted molar refractivity (Wildman–Crippen MR) is 103 cm³/mol. The largest absolute Gasteiger partial charge is 0.316 e. The summed E-state index contributed by atoms with van der Waals surface area (Å²) in [6.45, 7) is 0.997. The summed E-state index contributed by atoms with van der Waals surface area (Å²) in [5.41, 5.74) is 4.18. The number of pyridine rings is 1. The maximum Gasteiger partial charge on any atom is 0.243 e. The highest BCUT2D eigenvalue weighted by Crippen LogP contribution is 2.33. The smallest absolute Gasteiger partial charge is 0.243 e. The van der Waals surface area contributed by atoms with Crippen LogP contribution in [0, 0.1) is 0 Å². The van der Waals surface area contributed by atoms with Crippen LogP contribution in [0.1, 0.15) is 35.7 Å². The first kappa shape index (κ1) is 16.9. The Hall–Kier alpha value is -2.25. The van der Waals surface area contributed by atoms with Gasteiger partial charge < -0.3 is 4.57 Å². The number of imidazole rings is 1. The van der Waals surface area contributed by atoms with E-state index >= 15 is 0 Å². The predicted octanol–water partition coefficient (Wildman–Crippen LogP) is 2.64. The molecule has 0 spiro atoms. The molecule has 2 aliphatic rings. The van der Waals surface area contributed by atoms with Crippen LogP contribution < -0.4 is 0 Å². The summed E-state index contributed by atoms with van der Waals surface area (Å²) in [6.07, 6.45) is 5.69. The number of hydrogen-bond acceptors (Lipinski definition) is 4. The molecule has 0 unspecified atom stereocenters. The molecule has 1 aliphatic heterocycles. The molecule has 7 heteroatoms. The average molecular weight is 382 g/mol. The Morgan fingerprint density at radius 3 is 2.85 bits per heavy atom. The molecule has 27 heavy (non-hydrogen) atoms. The number of benzene rings is 1. The molecule has 1 aromatic carbocycles. The molecule has 3 heterocycles. The van der Waals surface area contributed by atoms with E-state index in [0.717, 1.165) is 42.7 Å². The highest BCUT2D eigenvalue weighted by atomic mass is 32.2. The fraction of sp³-hybridized carbons (Fsp3) is 0.400. The minimum Gasteiger partial charge on any atom is -0.316 e. The Morgan fingerprint density at radius 1 is 1.15 bits per heavy atom. The van der Waals surface area contributed by atoms with E-state index in [1.807, 2.05) is 35.9 Å². The lowest BCUT2D eigenvalue weighted by Crippen LogP contribution is -2.29. The summed E-state index contributed by atoms with van der Waals surface area (Å²) in [6, 6.07) is 9.45. The quantitative estimate of drug-likeness (QED) is 0.698. The second kappa shape index (κ2) is 6.14. The third-order valence-corrected chi connectivity index (χ3v) is 7.75. The molecule has 140 valence electrons. The van der Waals surface area contributed by atoms with E-state index in [9.17, 15) is 8.42 Å². The molecule has 3 aromatic rings. The molecule has 2 aromatic heterocycles. The van der Waals surface area contributed by atoms with E-state index in [1.54, 1.807) is 16.6 Å². The van der Waals surface area contributed by atoms with Crippen LogP contribution >= 0.6 is 0 Å². The summed E-state index contributed by atoms with van der Waals surface area (Å²) in [7, 11) is -1.51. The molecule has 0 saturated carbocycles. The van der Waals surface area contributed by atoms with Gasteiger partial charge in [-0.05, 0) is 61.1 Å². The van der Waals surface area contributed by atoms with Gasteiger partial charge in [0.25, 0.3) is 0 Å². The van der Waals surface area contributed by atoms with Crippen LogP contribution in [0.2, 0.25) is 0 Å². The van der Waals surface area contributed by atoms with Gasteiger partial charge >= 0.3 is 0 Å². The van der Waals surface area contributed by atoms with Gasteiger partial charge in [-0.3, -0.25) is 0 Å². The number of aryl methyl sites for hydroxylation is 3. The Bertz CT molecular complexity index is 1140. The van der Waals surface area contributed by atoms with Crippen LogP contribution in [0.25, 0.3) is 11.2 Å². The highest BCUT2D eigenvalue weighted by Gasteiger charge is 2.35. The molecule has 0 amide bonds. The molecular weight excluding hydrogens is 360 g/mol. The van der Waals surface area contributed by atoms with Gasteiger partial charge in [0.15, 0.2) is 5.65 Å². The first-order chi connectivity index (χ1) is 13.0. The van der Waals surface area contributed by atoms with E-state index in [2.05, 4.69) is 4.98 Å². The monoisotopic (exact) mass is 382 g/mol. The number of hydrogen-bond donors (Lipinski definition) is 0. The minimum atomic E-state index is -3.46. The van der Waals surface area contributed by atoms with Crippen LogP contribution in [0.15, 0.2) is 41.4 Å². The van der Waals surface area contributed by atoms with Gasteiger partial charge in [0.2, 0.25) is 10.0 Å². The van der Waals surface area contributed by atoms with Crippen LogP contribution in [-0.2, 0) is 29.9 Å². The van der Waals surface area contributed by atoms with Crippen molar-refractivity contribution in [2.75, 3.05) is 13.1 Å². The molecule has 0 N–H and O–H groups in total. The van der Waals surface area contributed by atoms with Crippen molar-refractivity contribution in [3.05, 3.63) is 53.5 Å². The number of aromatic nitrogens is 3. The Morgan fingerprint density at radius 2 is 2.00 bits per heavy atom. The van der Waals surface area contributed by atoms with Crippen molar-refractivity contribution >= 4 is 21.2 Å². The van der Waals surface area contributed by atoms with Gasteiger partial charge in [0.1, 0.15) is 11.3 Å². The molecule has 5 rings (SSSR count). The average Bonchev–Trinajstić information content (AvgIpc) is 3.40. The SMILES string of the molecule is Cn1c([C@H]2CCN(S(=O)(=O)c3ccc4c(c3)CCC4)C2)nc2cccnc21. The van der Waals surface area contributed by atoms with Crippen molar-refractivity contribution in [2.45, 2.75) is 36.5 Å². The van der Waals surface area contributed by atoms with E-state index < -0.39 is 10.0 Å². The third-order valence-electron chi connectivity index (χ3n) is 5.89. The van der Waals surface area contributed by atoms with E-state index in [4.69, 9.17) is 4.98 Å². The number of fused-ring (bicyclic) bond motifs is 2. The van der Waals surface area contributed by atoms with E-state index in [0.29, 0.717) is 18.0 Å². The number of sulfonamides is 1. The lowest BCUT2D eigenvalue weighted by atomic mass is 10.1. The molecule has 0 radical (unpaired) electrons. The molecule has 1 aliphatic carbocycles. The van der Waals surface area contributed by atoms with Gasteiger partial charge in [-0.2, -0.15) is 4.31 Å². The van der Waals surface area contributed by atoms with Gasteiger partial charge in [-0.25, -0.2) is 18.4 Å². The molecule has 1 saturated heterocycles. The summed E-state index contributed by atoms with van der Waals surface area (Å²) in [5, 5.41) is 0. The second-order valence-electron chi connectivity index (χ2n) is 7.51. The second-order valence-corrected chi connectivity index (χ2v) is 9.45. The maximum absolute atomic E-state index is 13.2. The molecule has 1 fully saturated rings. The highest BCUT2D eigenvalue weighted by molar-refractivity contribution is 7.89. The Labute approximate surface area is 158 Å². The Kier molecular flexibility index (Phi) is 3.84. The standard InChI is InChI=1S/C20H22N4O2S/c1-23-19(22-18-6-3-10-21-20(18)23)16-9-11-24(13-16)27(25,26)17-8-7-14-4-2-5-15(14)12-17/h3,6-8,10,12,16H,2,4-5,9,11,13H2,1H3/t16-/m0/s1. The topological polar surface area (TPSA) is 68.1 Å². The minimum absolute atomic E-state index is 0.0911. The van der Waals surface area contributed by atoms with E-state index in [-0.39, 0.29) is 5.92 Å². The molecule has 1 atom stereocenters. The fourth-order valence-electron chi connectivity index (χ4n) is 4.42. The summed E-state index contributed by atoms with van der Waals surface area (Å²) >= 11 is 0. The summed E-state index contributed by atoms with van der Waals surface area (Å²) < 4.78 is 29.9. The van der Waals surface area contributed by atoms with Gasteiger partial charge in [-0.15, -0.1) is 0 Å². The zero-order chi connectivity index (χ0) is 18.6. The lowest BCUT2D eigenvalue weighted by Gasteiger charge is -2.17. The van der Waals surface area contributed by atoms with Crippen LogP contribution in [0.3, 0.4) is 0 Å². The van der Waals surface area contributed by atoms with Gasteiger partial charge in [0.05, 0.1) is 4.90 Å². The van der Waals surface area contributed by atoms with Gasteiger partial charge in [-0.1, -0.05) is 6.07 Å². The van der Waals surface area contributed by atoms with Crippen molar-refractivity contribution in [1.82, 2.24) is 18.8 Å². The summed E-state index contributed by atoms with van der Waals surface area (Å²) in [5.74, 6) is 1.00. The zero-order valence-electron chi connectivity index (χ0n) is 15.3. The van der Waals surface area contributed by atoms with Crippen molar-refractivity contribution in [1.29, 1.82) is 0 Å². The first-order valence-electron chi connectivity index (χ1n) is 9.43. The lowest BCUT2D eigenvalue weighted by molar-refractivity contribution is 0.470. The zero-order valence-corrected chi connectivity index (χ0v) is 16.1. The fourth-order valence-corrected chi connectivity index (χ4v) is 5.97. The van der Waals surface area contributed by atoms with E-state index in [1.165, 1.54) is 11.1 Å². The molecule has 6 nitrogen and oxygen atoms in total. The van der Waals surface area contributed by atoms with Crippen LogP contribution in [-0.4, -0.2) is 40.3 Å². The van der Waals surface area contributed by atoms with Crippen molar-refractivity contribution in [2.24, 2.45) is 7.05 Å². The van der Waals surface area contributed by atoms with Crippen molar-refractivity contribution in [3.8, 4) is 0 Å². The molecule has 0 bridgehead atoms. The van der Waals surface area contributed by atoms with Crippen molar-refractivity contribution < 1.29 is 8.42 Å². The number of rotatable bonds is 3. The van der Waals surface area contributed by atoms with Gasteiger partial charge in [0, 0.05) is 32.3 Å². The van der Waals surface area contributed by atoms with Crippen LogP contribution in [0.5, 0.6) is 0 Å². The maximum atomic E-state index is 13.2. The van der Waals surface area contributed by atoms with Crippen molar-refractivity contribution in [3.63, 3.8) is 0 Å².